The number of halogens is 3. The quantitative estimate of drug-likeness (QED) is 0.623. The lowest BCUT2D eigenvalue weighted by Crippen LogP contribution is -2.45. The second-order valence-electron chi connectivity index (χ2n) is 5.32. The van der Waals surface area contributed by atoms with Crippen LogP contribution in [0.1, 0.15) is 34.6 Å². The maximum atomic E-state index is 12.4. The molecule has 0 aliphatic carbocycles. The number of hydrogen-bond donors (Lipinski definition) is 1. The second-order valence-corrected chi connectivity index (χ2v) is 8.29. The van der Waals surface area contributed by atoms with Gasteiger partial charge in [0.15, 0.2) is 9.84 Å². The molecule has 0 saturated carbocycles. The molecule has 0 atom stereocenters. The van der Waals surface area contributed by atoms with E-state index in [0.29, 0.717) is 0 Å². The Morgan fingerprint density at radius 3 is 2.23 bits per heavy atom. The fraction of sp³-hybridized carbons (Fsp3) is 0.385. The van der Waals surface area contributed by atoms with E-state index in [1.165, 1.54) is 0 Å². The van der Waals surface area contributed by atoms with E-state index in [0.717, 1.165) is 18.4 Å². The van der Waals surface area contributed by atoms with E-state index < -0.39 is 26.5 Å². The number of hydrogen-bond acceptors (Lipinski definition) is 4. The number of amides is 1. The number of carbonyl (C=O) groups excluding carboxylic acids is 2. The fourth-order valence-corrected chi connectivity index (χ4v) is 3.18. The maximum Gasteiger partial charge on any atom is 0.254 e. The van der Waals surface area contributed by atoms with Crippen molar-refractivity contribution in [2.24, 2.45) is 0 Å². The second kappa shape index (κ2) is 6.74. The van der Waals surface area contributed by atoms with E-state index >= 15 is 0 Å². The molecule has 0 aliphatic rings. The Labute approximate surface area is 143 Å². The summed E-state index contributed by atoms with van der Waals surface area (Å²) >= 11 is 17.1. The highest BCUT2D eigenvalue weighted by molar-refractivity contribution is 7.90. The first-order chi connectivity index (χ1) is 9.90. The molecule has 9 heteroatoms. The summed E-state index contributed by atoms with van der Waals surface area (Å²) in [4.78, 5) is 23.4. The van der Waals surface area contributed by atoms with Crippen molar-refractivity contribution in [2.45, 2.75) is 24.3 Å². The summed E-state index contributed by atoms with van der Waals surface area (Å²) in [5.41, 5.74) is -1.27. The molecule has 122 valence electrons. The molecule has 0 saturated heterocycles. The molecule has 0 spiro atoms. The van der Waals surface area contributed by atoms with Crippen LogP contribution < -0.4 is 5.32 Å². The van der Waals surface area contributed by atoms with Crippen molar-refractivity contribution < 1.29 is 18.0 Å². The summed E-state index contributed by atoms with van der Waals surface area (Å²) < 4.78 is 23.7. The number of sulfone groups is 1. The van der Waals surface area contributed by atoms with Crippen molar-refractivity contribution in [3.63, 3.8) is 0 Å². The Morgan fingerprint density at radius 2 is 1.82 bits per heavy atom. The molecule has 0 aliphatic heterocycles. The van der Waals surface area contributed by atoms with Crippen LogP contribution in [0.15, 0.2) is 17.0 Å². The van der Waals surface area contributed by atoms with Gasteiger partial charge < -0.3 is 5.32 Å². The molecule has 0 radical (unpaired) electrons. The van der Waals surface area contributed by atoms with Crippen LogP contribution in [0.25, 0.3) is 0 Å². The van der Waals surface area contributed by atoms with Crippen LogP contribution in [0.2, 0.25) is 5.02 Å². The molecule has 0 aromatic heterocycles. The Balaban J connectivity index is 3.58. The standard InChI is InChI=1S/C13H14Cl3NO4S/c1-13(2,6-14)17-12(19)9-8(22(3,20)21)5-4-7(10(9)15)11(16)18/h4-5H,6H2,1-3H3,(H,17,19). The zero-order valence-electron chi connectivity index (χ0n) is 12.0. The number of rotatable bonds is 5. The average Bonchev–Trinajstić information content (AvgIpc) is 2.35. The molecule has 1 N–H and O–H groups in total. The third kappa shape index (κ3) is 4.35. The molecule has 1 aromatic carbocycles. The normalized spacial score (nSPS) is 12.1. The van der Waals surface area contributed by atoms with E-state index in [1.807, 2.05) is 0 Å². The van der Waals surface area contributed by atoms with Gasteiger partial charge in [0, 0.05) is 17.7 Å². The number of alkyl halides is 1. The van der Waals surface area contributed by atoms with Crippen LogP contribution in [-0.4, -0.2) is 37.2 Å². The van der Waals surface area contributed by atoms with Gasteiger partial charge >= 0.3 is 0 Å². The van der Waals surface area contributed by atoms with Gasteiger partial charge in [-0.15, -0.1) is 11.6 Å². The van der Waals surface area contributed by atoms with Crippen LogP contribution in [0.4, 0.5) is 0 Å². The highest BCUT2D eigenvalue weighted by atomic mass is 35.5. The summed E-state index contributed by atoms with van der Waals surface area (Å²) in [5.74, 6) is -0.658. The smallest absolute Gasteiger partial charge is 0.254 e. The van der Waals surface area contributed by atoms with Crippen molar-refractivity contribution in [1.29, 1.82) is 0 Å². The predicted octanol–water partition coefficient (Wildman–Crippen LogP) is 2.87. The van der Waals surface area contributed by atoms with Gasteiger partial charge in [-0.3, -0.25) is 9.59 Å². The molecule has 22 heavy (non-hydrogen) atoms. The molecule has 1 aromatic rings. The van der Waals surface area contributed by atoms with Gasteiger partial charge in [-0.25, -0.2) is 8.42 Å². The first-order valence-corrected chi connectivity index (χ1v) is 9.20. The van der Waals surface area contributed by atoms with Crippen molar-refractivity contribution in [1.82, 2.24) is 5.32 Å². The monoisotopic (exact) mass is 385 g/mol. The van der Waals surface area contributed by atoms with Crippen LogP contribution >= 0.6 is 34.8 Å². The van der Waals surface area contributed by atoms with Gasteiger partial charge in [-0.2, -0.15) is 0 Å². The predicted molar refractivity (Wildman–Crippen MR) is 87.0 cm³/mol. The Morgan fingerprint density at radius 1 is 1.27 bits per heavy atom. The third-order valence-corrected chi connectivity index (χ3v) is 5.13. The lowest BCUT2D eigenvalue weighted by molar-refractivity contribution is 0.0917. The number of carbonyl (C=O) groups is 2. The lowest BCUT2D eigenvalue weighted by atomic mass is 10.1. The molecule has 1 rings (SSSR count). The topological polar surface area (TPSA) is 80.3 Å². The zero-order valence-corrected chi connectivity index (χ0v) is 15.1. The van der Waals surface area contributed by atoms with Crippen LogP contribution in [0.5, 0.6) is 0 Å². The van der Waals surface area contributed by atoms with Gasteiger partial charge in [0.25, 0.3) is 11.1 Å². The van der Waals surface area contributed by atoms with E-state index in [4.69, 9.17) is 34.8 Å². The highest BCUT2D eigenvalue weighted by Crippen LogP contribution is 2.29. The SMILES string of the molecule is CC(C)(CCl)NC(=O)c1c(S(C)(=O)=O)ccc(C(=O)Cl)c1Cl. The summed E-state index contributed by atoms with van der Waals surface area (Å²) in [6.45, 7) is 3.31. The molecule has 0 unspecified atom stereocenters. The molecule has 0 fully saturated rings. The van der Waals surface area contributed by atoms with E-state index in [2.05, 4.69) is 5.32 Å². The number of nitrogens with one attached hydrogen (secondary N) is 1. The van der Waals surface area contributed by atoms with Gasteiger partial charge in [0.2, 0.25) is 0 Å². The minimum Gasteiger partial charge on any atom is -0.346 e. The largest absolute Gasteiger partial charge is 0.346 e. The fourth-order valence-electron chi connectivity index (χ4n) is 1.63. The van der Waals surface area contributed by atoms with Gasteiger partial charge in [0.05, 0.1) is 21.0 Å². The number of benzene rings is 1. The maximum absolute atomic E-state index is 12.4. The van der Waals surface area contributed by atoms with Crippen LogP contribution in [0.3, 0.4) is 0 Å². The van der Waals surface area contributed by atoms with E-state index in [-0.39, 0.29) is 26.9 Å². The molecule has 0 heterocycles. The lowest BCUT2D eigenvalue weighted by Gasteiger charge is -2.24. The van der Waals surface area contributed by atoms with E-state index in [1.54, 1.807) is 13.8 Å². The molecule has 1 amide bonds. The van der Waals surface area contributed by atoms with Crippen LogP contribution in [-0.2, 0) is 9.84 Å². The first-order valence-electron chi connectivity index (χ1n) is 6.01. The minimum absolute atomic E-state index is 0.0959. The summed E-state index contributed by atoms with van der Waals surface area (Å²) in [7, 11) is -3.74. The molecule has 0 bridgehead atoms. The summed E-state index contributed by atoms with van der Waals surface area (Å²) in [6, 6.07) is 2.29. The highest BCUT2D eigenvalue weighted by Gasteiger charge is 2.28. The third-order valence-electron chi connectivity index (χ3n) is 2.73. The molecular formula is C13H14Cl3NO4S. The van der Waals surface area contributed by atoms with Gasteiger partial charge in [-0.1, -0.05) is 11.6 Å². The van der Waals surface area contributed by atoms with Crippen molar-refractivity contribution in [3.05, 3.63) is 28.3 Å². The Bertz CT molecular complexity index is 729. The van der Waals surface area contributed by atoms with Crippen molar-refractivity contribution in [3.8, 4) is 0 Å². The Kier molecular flexibility index (Phi) is 5.89. The molecule has 5 nitrogen and oxygen atoms in total. The molecular weight excluding hydrogens is 373 g/mol. The Hall–Kier alpha value is -0.820. The van der Waals surface area contributed by atoms with Crippen LogP contribution in [0, 0.1) is 0 Å². The summed E-state index contributed by atoms with van der Waals surface area (Å²) in [5, 5.41) is 1.36. The van der Waals surface area contributed by atoms with Crippen molar-refractivity contribution in [2.75, 3.05) is 12.1 Å². The van der Waals surface area contributed by atoms with E-state index in [9.17, 15) is 18.0 Å². The van der Waals surface area contributed by atoms with Crippen molar-refractivity contribution >= 4 is 55.8 Å². The zero-order chi connectivity index (χ0) is 17.3. The minimum atomic E-state index is -3.74. The van der Waals surface area contributed by atoms with Gasteiger partial charge in [0.1, 0.15) is 0 Å². The van der Waals surface area contributed by atoms with Gasteiger partial charge in [-0.05, 0) is 37.6 Å². The first kappa shape index (κ1) is 19.2. The summed E-state index contributed by atoms with van der Waals surface area (Å²) in [6.07, 6.45) is 0.935. The average molecular weight is 387 g/mol.